The van der Waals surface area contributed by atoms with E-state index in [1.54, 1.807) is 0 Å². The van der Waals surface area contributed by atoms with Gasteiger partial charge in [-0.05, 0) is 12.1 Å². The Kier molecular flexibility index (Phi) is 2.55. The van der Waals surface area contributed by atoms with Crippen molar-refractivity contribution in [3.05, 3.63) is 35.2 Å². The van der Waals surface area contributed by atoms with E-state index in [1.807, 2.05) is 0 Å². The van der Waals surface area contributed by atoms with Crippen LogP contribution in [-0.4, -0.2) is 28.6 Å². The van der Waals surface area contributed by atoms with Gasteiger partial charge in [0.25, 0.3) is 5.78 Å². The summed E-state index contributed by atoms with van der Waals surface area (Å²) in [7, 11) is 0. The number of hydrogen-bond acceptors (Lipinski definition) is 5. The van der Waals surface area contributed by atoms with Crippen molar-refractivity contribution in [2.45, 2.75) is 0 Å². The van der Waals surface area contributed by atoms with Crippen LogP contribution < -0.4 is 0 Å². The maximum atomic E-state index is 13.4. The fourth-order valence-corrected chi connectivity index (χ4v) is 1.47. The van der Waals surface area contributed by atoms with E-state index in [0.717, 1.165) is 12.1 Å². The van der Waals surface area contributed by atoms with Crippen LogP contribution in [0.3, 0.4) is 0 Å². The maximum absolute atomic E-state index is 13.4. The molecule has 2 rings (SSSR count). The number of ether oxygens (including phenoxy) is 1. The molecule has 88 valence electrons. The number of benzene rings is 1. The van der Waals surface area contributed by atoms with E-state index >= 15 is 0 Å². The summed E-state index contributed by atoms with van der Waals surface area (Å²) < 4.78 is 17.8. The number of rotatable bonds is 1. The first-order valence-corrected chi connectivity index (χ1v) is 4.63. The van der Waals surface area contributed by atoms with Crippen LogP contribution in [0.1, 0.15) is 5.56 Å². The number of aromatic hydroxyl groups is 1. The summed E-state index contributed by atoms with van der Waals surface area (Å²) in [6.45, 7) is -0.433. The lowest BCUT2D eigenvalue weighted by Gasteiger charge is -2.06. The van der Waals surface area contributed by atoms with E-state index in [0.29, 0.717) is 0 Å². The number of Topliss-reactive ketones (excluding diaryl/α,β-unsaturated/α-hetero) is 1. The van der Waals surface area contributed by atoms with Crippen molar-refractivity contribution in [2.75, 3.05) is 6.61 Å². The van der Waals surface area contributed by atoms with Crippen LogP contribution in [0.2, 0.25) is 0 Å². The number of ketones is 1. The molecule has 0 saturated carbocycles. The molecule has 2 N–H and O–H groups in total. The number of halogens is 1. The van der Waals surface area contributed by atoms with Crippen LogP contribution in [0.15, 0.2) is 23.8 Å². The first-order chi connectivity index (χ1) is 8.02. The maximum Gasteiger partial charge on any atom is 0.379 e. The number of aliphatic hydroxyl groups is 1. The zero-order valence-corrected chi connectivity index (χ0v) is 8.44. The van der Waals surface area contributed by atoms with Crippen LogP contribution in [-0.2, 0) is 14.3 Å². The fraction of sp³-hybridized carbons (Fsp3) is 0.0909. The molecule has 17 heavy (non-hydrogen) atoms. The van der Waals surface area contributed by atoms with Crippen molar-refractivity contribution in [3.8, 4) is 5.75 Å². The molecule has 0 radical (unpaired) electrons. The van der Waals surface area contributed by atoms with Crippen LogP contribution in [0.4, 0.5) is 4.39 Å². The van der Waals surface area contributed by atoms with Gasteiger partial charge in [-0.3, -0.25) is 4.79 Å². The Morgan fingerprint density at radius 1 is 1.35 bits per heavy atom. The zero-order valence-electron chi connectivity index (χ0n) is 8.44. The molecule has 0 unspecified atom stereocenters. The second-order valence-electron chi connectivity index (χ2n) is 3.37. The molecule has 0 aliphatic carbocycles. The summed E-state index contributed by atoms with van der Waals surface area (Å²) in [5.41, 5.74) is -0.885. The standard InChI is InChI=1S/C11H7FO5/c12-6-2-1-3-7(13)8(6)9(14)5-4-17-11(16)10(5)15/h1-3,13-14H,4H2. The van der Waals surface area contributed by atoms with E-state index in [-0.39, 0.29) is 5.57 Å². The average Bonchev–Trinajstić information content (AvgIpc) is 2.59. The van der Waals surface area contributed by atoms with E-state index in [2.05, 4.69) is 4.74 Å². The van der Waals surface area contributed by atoms with Gasteiger partial charge in [-0.15, -0.1) is 0 Å². The summed E-state index contributed by atoms with van der Waals surface area (Å²) >= 11 is 0. The van der Waals surface area contributed by atoms with Gasteiger partial charge in [-0.25, -0.2) is 9.18 Å². The lowest BCUT2D eigenvalue weighted by Crippen LogP contribution is -2.08. The Morgan fingerprint density at radius 3 is 2.59 bits per heavy atom. The van der Waals surface area contributed by atoms with E-state index < -0.39 is 41.2 Å². The van der Waals surface area contributed by atoms with Gasteiger partial charge in [0.15, 0.2) is 0 Å². The Labute approximate surface area is 94.8 Å². The number of cyclic esters (lactones) is 1. The van der Waals surface area contributed by atoms with Crippen LogP contribution in [0.25, 0.3) is 5.76 Å². The molecule has 1 heterocycles. The van der Waals surface area contributed by atoms with Crippen molar-refractivity contribution in [2.24, 2.45) is 0 Å². The molecular formula is C11H7FO5. The Hall–Kier alpha value is -2.37. The van der Waals surface area contributed by atoms with Crippen molar-refractivity contribution >= 4 is 17.5 Å². The summed E-state index contributed by atoms with van der Waals surface area (Å²) in [6.07, 6.45) is 0. The largest absolute Gasteiger partial charge is 0.507 e. The van der Waals surface area contributed by atoms with Crippen LogP contribution in [0.5, 0.6) is 5.75 Å². The highest BCUT2D eigenvalue weighted by Gasteiger charge is 2.33. The molecule has 0 aromatic heterocycles. The predicted molar refractivity (Wildman–Crippen MR) is 53.6 cm³/mol. The number of phenolic OH excluding ortho intramolecular Hbond substituents is 1. The third-order valence-electron chi connectivity index (χ3n) is 2.32. The smallest absolute Gasteiger partial charge is 0.379 e. The summed E-state index contributed by atoms with van der Waals surface area (Å²) in [4.78, 5) is 22.1. The summed E-state index contributed by atoms with van der Waals surface area (Å²) in [6, 6.07) is 3.40. The van der Waals surface area contributed by atoms with Crippen molar-refractivity contribution < 1.29 is 28.9 Å². The molecule has 0 bridgehead atoms. The fourth-order valence-electron chi connectivity index (χ4n) is 1.47. The number of hydrogen-bond donors (Lipinski definition) is 2. The number of esters is 1. The number of carbonyl (C=O) groups is 2. The predicted octanol–water partition coefficient (Wildman–Crippen LogP) is 0.926. The second-order valence-corrected chi connectivity index (χ2v) is 3.37. The monoisotopic (exact) mass is 238 g/mol. The molecule has 1 saturated heterocycles. The zero-order chi connectivity index (χ0) is 12.6. The Bertz CT molecular complexity index is 527. The molecule has 1 aromatic carbocycles. The number of carbonyl (C=O) groups excluding carboxylic acids is 2. The molecule has 1 aromatic rings. The average molecular weight is 238 g/mol. The molecule has 0 atom stereocenters. The lowest BCUT2D eigenvalue weighted by atomic mass is 10.1. The second kappa shape index (κ2) is 3.89. The molecule has 1 fully saturated rings. The molecule has 1 aliphatic heterocycles. The van der Waals surface area contributed by atoms with E-state index in [4.69, 9.17) is 0 Å². The van der Waals surface area contributed by atoms with Crippen molar-refractivity contribution in [1.82, 2.24) is 0 Å². The third kappa shape index (κ3) is 1.73. The summed E-state index contributed by atoms with van der Waals surface area (Å²) in [5.74, 6) is -4.35. The van der Waals surface area contributed by atoms with Gasteiger partial charge in [0, 0.05) is 0 Å². The lowest BCUT2D eigenvalue weighted by molar-refractivity contribution is -0.146. The van der Waals surface area contributed by atoms with Crippen LogP contribution in [0, 0.1) is 5.82 Å². The van der Waals surface area contributed by atoms with Gasteiger partial charge < -0.3 is 14.9 Å². The molecular weight excluding hydrogens is 231 g/mol. The minimum absolute atomic E-state index is 0.365. The van der Waals surface area contributed by atoms with Crippen molar-refractivity contribution in [1.29, 1.82) is 0 Å². The van der Waals surface area contributed by atoms with Crippen LogP contribution >= 0.6 is 0 Å². The van der Waals surface area contributed by atoms with Gasteiger partial charge in [0.2, 0.25) is 0 Å². The molecule has 0 amide bonds. The molecule has 5 nitrogen and oxygen atoms in total. The normalized spacial score (nSPS) is 18.2. The minimum Gasteiger partial charge on any atom is -0.507 e. The topological polar surface area (TPSA) is 83.8 Å². The van der Waals surface area contributed by atoms with E-state index in [1.165, 1.54) is 6.07 Å². The number of phenols is 1. The number of aliphatic hydroxyl groups excluding tert-OH is 1. The SMILES string of the molecule is O=C1OCC(=C(O)c2c(O)cccc2F)C1=O. The first kappa shape index (κ1) is 11.1. The highest BCUT2D eigenvalue weighted by molar-refractivity contribution is 6.43. The Morgan fingerprint density at radius 2 is 2.06 bits per heavy atom. The van der Waals surface area contributed by atoms with Gasteiger partial charge >= 0.3 is 5.97 Å². The molecule has 6 heteroatoms. The minimum atomic E-state index is -1.11. The first-order valence-electron chi connectivity index (χ1n) is 4.63. The third-order valence-corrected chi connectivity index (χ3v) is 2.32. The highest BCUT2D eigenvalue weighted by Crippen LogP contribution is 2.29. The molecule has 0 spiro atoms. The van der Waals surface area contributed by atoms with Gasteiger partial charge in [-0.2, -0.15) is 0 Å². The van der Waals surface area contributed by atoms with E-state index in [9.17, 15) is 24.2 Å². The quantitative estimate of drug-likeness (QED) is 0.329. The van der Waals surface area contributed by atoms with Crippen molar-refractivity contribution in [3.63, 3.8) is 0 Å². The highest BCUT2D eigenvalue weighted by atomic mass is 19.1. The molecule has 1 aliphatic rings. The van der Waals surface area contributed by atoms with Gasteiger partial charge in [0.05, 0.1) is 11.1 Å². The Balaban J connectivity index is 2.58. The summed E-state index contributed by atoms with van der Waals surface area (Å²) in [5, 5.41) is 19.1. The van der Waals surface area contributed by atoms with Gasteiger partial charge in [0.1, 0.15) is 23.9 Å². The van der Waals surface area contributed by atoms with Gasteiger partial charge in [-0.1, -0.05) is 6.07 Å².